The van der Waals surface area contributed by atoms with Gasteiger partial charge >= 0.3 is 17.1 Å². The average molecular weight is 187 g/mol. The van der Waals surface area contributed by atoms with Gasteiger partial charge in [0.15, 0.2) is 0 Å². The van der Waals surface area contributed by atoms with E-state index in [1.165, 1.54) is 0 Å². The van der Waals surface area contributed by atoms with Crippen LogP contribution in [0.1, 0.15) is 0 Å². The molecule has 44 valence electrons. The summed E-state index contributed by atoms with van der Waals surface area (Å²) in [5, 5.41) is 16.7. The number of rotatable bonds is 0. The Hall–Kier alpha value is 0.309. The summed E-state index contributed by atoms with van der Waals surface area (Å²) >= 11 is 0. The summed E-state index contributed by atoms with van der Waals surface area (Å²) in [7, 11) is 0. The van der Waals surface area contributed by atoms with E-state index in [2.05, 4.69) is 0 Å². The molecule has 0 amide bonds. The topological polar surface area (TPSA) is 63.2 Å². The van der Waals surface area contributed by atoms with Gasteiger partial charge in [-0.15, -0.1) is 0 Å². The predicted molar refractivity (Wildman–Crippen MR) is 5.40 cm³/mol. The van der Waals surface area contributed by atoms with Crippen molar-refractivity contribution in [2.24, 2.45) is 0 Å². The summed E-state index contributed by atoms with van der Waals surface area (Å²) in [4.78, 5) is 8.33. The molecule has 0 bridgehead atoms. The van der Waals surface area contributed by atoms with Crippen LogP contribution in [0.5, 0.6) is 0 Å². The molecule has 5 heteroatoms. The largest absolute Gasteiger partial charge is 2.00 e. The Morgan fingerprint density at radius 3 is 1.33 bits per heavy atom. The third-order valence-electron chi connectivity index (χ3n) is 0. The van der Waals surface area contributed by atoms with Crippen molar-refractivity contribution in [3.05, 3.63) is 0 Å². The first-order chi connectivity index (χ1) is 1.73. The maximum Gasteiger partial charge on any atom is 2.00 e. The minimum atomic E-state index is -2.33. The Labute approximate surface area is 55.7 Å². The summed E-state index contributed by atoms with van der Waals surface area (Å²) in [5.74, 6) is 0. The predicted octanol–water partition coefficient (Wildman–Crippen LogP) is -2.45. The summed E-state index contributed by atoms with van der Waals surface area (Å²) in [6.45, 7) is 0. The number of carbonyl (C=O) groups excluding carboxylic acids is 1. The van der Waals surface area contributed by atoms with E-state index in [-0.39, 0.29) is 34.1 Å². The summed E-state index contributed by atoms with van der Waals surface area (Å²) in [6.07, 6.45) is -2.33. The smallest absolute Gasteiger partial charge is 0.652 e. The van der Waals surface area contributed by atoms with Crippen LogP contribution >= 0.6 is 0 Å². The van der Waals surface area contributed by atoms with E-state index in [9.17, 15) is 0 Å². The van der Waals surface area contributed by atoms with Crippen molar-refractivity contribution in [3.8, 4) is 0 Å². The first-order valence-corrected chi connectivity index (χ1v) is 0.612. The van der Waals surface area contributed by atoms with Crippen LogP contribution in [0.4, 0.5) is 4.79 Å². The molecule has 0 fully saturated rings. The number of hydrogen-bond acceptors (Lipinski definition) is 3. The SMILES string of the molecule is O=C([O-])[O-].[Cu+2].[Cu]. The third kappa shape index (κ3) is 494. The van der Waals surface area contributed by atoms with Gasteiger partial charge in [-0.25, -0.2) is 0 Å². The molecule has 3 nitrogen and oxygen atoms in total. The van der Waals surface area contributed by atoms with Crippen molar-refractivity contribution in [1.82, 2.24) is 0 Å². The molecule has 0 heterocycles. The molecular formula is CCu2O3. The monoisotopic (exact) mass is 186 g/mol. The Kier molecular flexibility index (Phi) is 24.4. The molecule has 0 spiro atoms. The second-order valence-electron chi connectivity index (χ2n) is 0.250. The van der Waals surface area contributed by atoms with Gasteiger partial charge in [0.25, 0.3) is 0 Å². The van der Waals surface area contributed by atoms with Gasteiger partial charge in [0, 0.05) is 17.1 Å². The maximum absolute atomic E-state index is 8.33. The zero-order chi connectivity index (χ0) is 3.58. The number of carboxylic acid groups (broad SMARTS) is 2. The van der Waals surface area contributed by atoms with Crippen LogP contribution in [0.25, 0.3) is 0 Å². The van der Waals surface area contributed by atoms with Gasteiger partial charge in [0.2, 0.25) is 0 Å². The quantitative estimate of drug-likeness (QED) is 0.395. The fourth-order valence-corrected chi connectivity index (χ4v) is 0. The zero-order valence-electron chi connectivity index (χ0n) is 2.33. The Bertz CT molecular complexity index is 31.8. The maximum atomic E-state index is 8.33. The van der Waals surface area contributed by atoms with E-state index in [0.29, 0.717) is 0 Å². The molecule has 0 N–H and O–H groups in total. The molecule has 0 aliphatic heterocycles. The van der Waals surface area contributed by atoms with Crippen LogP contribution in [-0.4, -0.2) is 6.16 Å². The van der Waals surface area contributed by atoms with Crippen LogP contribution in [-0.2, 0) is 34.1 Å². The van der Waals surface area contributed by atoms with Gasteiger partial charge in [0.05, 0.1) is 0 Å². The van der Waals surface area contributed by atoms with E-state index in [0.717, 1.165) is 0 Å². The Morgan fingerprint density at radius 2 is 1.33 bits per heavy atom. The molecule has 0 rings (SSSR count). The molecule has 0 aromatic heterocycles. The van der Waals surface area contributed by atoms with Crippen LogP contribution < -0.4 is 10.2 Å². The van der Waals surface area contributed by atoms with E-state index < -0.39 is 6.16 Å². The van der Waals surface area contributed by atoms with Gasteiger partial charge in [0.1, 0.15) is 0 Å². The number of hydrogen-bond donors (Lipinski definition) is 0. The minimum absolute atomic E-state index is 0. The average Bonchev–Trinajstić information content (AvgIpc) is 0.811. The normalized spacial score (nSPS) is 4.00. The summed E-state index contributed by atoms with van der Waals surface area (Å²) in [5.41, 5.74) is 0. The fourth-order valence-electron chi connectivity index (χ4n) is 0. The van der Waals surface area contributed by atoms with Crippen molar-refractivity contribution in [2.45, 2.75) is 0 Å². The first-order valence-electron chi connectivity index (χ1n) is 0.612. The van der Waals surface area contributed by atoms with Crippen molar-refractivity contribution in [2.75, 3.05) is 0 Å². The molecule has 0 aromatic rings. The minimum Gasteiger partial charge on any atom is -0.652 e. The standard InChI is InChI=1S/CH2O3.2Cu/c2-1(3)4;;/h(H2,2,3,4);;/q;;+2/p-2. The zero-order valence-corrected chi connectivity index (χ0v) is 4.21. The molecule has 0 aromatic carbocycles. The van der Waals surface area contributed by atoms with Crippen LogP contribution in [0.2, 0.25) is 0 Å². The molecule has 0 atom stereocenters. The van der Waals surface area contributed by atoms with Gasteiger partial charge in [-0.1, -0.05) is 0 Å². The van der Waals surface area contributed by atoms with E-state index in [4.69, 9.17) is 15.0 Å². The summed E-state index contributed by atoms with van der Waals surface area (Å²) < 4.78 is 0. The molecule has 0 aliphatic carbocycles. The van der Waals surface area contributed by atoms with E-state index >= 15 is 0 Å². The molecule has 6 heavy (non-hydrogen) atoms. The Morgan fingerprint density at radius 1 is 1.33 bits per heavy atom. The van der Waals surface area contributed by atoms with E-state index in [1.54, 1.807) is 0 Å². The third-order valence-corrected chi connectivity index (χ3v) is 0. The van der Waals surface area contributed by atoms with Crippen LogP contribution in [0, 0.1) is 0 Å². The second kappa shape index (κ2) is 9.00. The Balaban J connectivity index is -0.0000000450. The second-order valence-corrected chi connectivity index (χ2v) is 0.250. The van der Waals surface area contributed by atoms with Gasteiger partial charge in [-0.3, -0.25) is 0 Å². The van der Waals surface area contributed by atoms with Crippen molar-refractivity contribution >= 4 is 6.16 Å². The van der Waals surface area contributed by atoms with Crippen molar-refractivity contribution in [1.29, 1.82) is 0 Å². The molecular weight excluding hydrogens is 187 g/mol. The molecule has 0 aliphatic rings. The molecule has 2 radical (unpaired) electrons. The summed E-state index contributed by atoms with van der Waals surface area (Å²) in [6, 6.07) is 0. The van der Waals surface area contributed by atoms with Crippen LogP contribution in [0.15, 0.2) is 0 Å². The first kappa shape index (κ1) is 16.2. The van der Waals surface area contributed by atoms with Gasteiger partial charge in [-0.05, 0) is 6.16 Å². The van der Waals surface area contributed by atoms with Gasteiger partial charge in [-0.2, -0.15) is 0 Å². The molecule has 0 saturated carbocycles. The fraction of sp³-hybridized carbons (Fsp3) is 0. The van der Waals surface area contributed by atoms with Crippen molar-refractivity contribution < 1.29 is 49.1 Å². The molecule has 0 saturated heterocycles. The number of carbonyl (C=O) groups is 1. The van der Waals surface area contributed by atoms with Crippen molar-refractivity contribution in [3.63, 3.8) is 0 Å². The van der Waals surface area contributed by atoms with E-state index in [1.807, 2.05) is 0 Å². The van der Waals surface area contributed by atoms with Gasteiger partial charge < -0.3 is 15.0 Å². The molecule has 0 unspecified atom stereocenters. The van der Waals surface area contributed by atoms with Crippen LogP contribution in [0.3, 0.4) is 0 Å².